The van der Waals surface area contributed by atoms with E-state index >= 15 is 0 Å². The highest BCUT2D eigenvalue weighted by Gasteiger charge is 2.38. The number of halogens is 2. The van der Waals surface area contributed by atoms with Crippen molar-refractivity contribution in [3.8, 4) is 0 Å². The van der Waals surface area contributed by atoms with Crippen molar-refractivity contribution in [1.29, 1.82) is 0 Å². The summed E-state index contributed by atoms with van der Waals surface area (Å²) in [5, 5.41) is 8.78. The molecule has 2 saturated heterocycles. The molecule has 1 N–H and O–H groups in total. The minimum absolute atomic E-state index is 0. The summed E-state index contributed by atoms with van der Waals surface area (Å²) in [6, 6.07) is 2.19. The summed E-state index contributed by atoms with van der Waals surface area (Å²) < 4.78 is 1.89. The predicted octanol–water partition coefficient (Wildman–Crippen LogP) is 3.07. The number of likely N-dealkylation sites (tertiary alicyclic amines) is 1. The lowest BCUT2D eigenvalue weighted by molar-refractivity contribution is 0.0607. The molecule has 0 aliphatic carbocycles. The second-order valence-electron chi connectivity index (χ2n) is 7.54. The predicted molar refractivity (Wildman–Crippen MR) is 107 cm³/mol. The first kappa shape index (κ1) is 20.9. The Bertz CT molecular complexity index is 760. The van der Waals surface area contributed by atoms with Gasteiger partial charge in [-0.25, -0.2) is 9.67 Å². The van der Waals surface area contributed by atoms with Crippen LogP contribution in [0.4, 0.5) is 0 Å². The van der Waals surface area contributed by atoms with Gasteiger partial charge in [0.15, 0.2) is 5.65 Å². The molecule has 4 rings (SSSR count). The Morgan fingerprint density at radius 3 is 2.54 bits per heavy atom. The first-order chi connectivity index (χ1) is 11.6. The van der Waals surface area contributed by atoms with E-state index in [9.17, 15) is 4.79 Å². The Morgan fingerprint density at radius 2 is 1.92 bits per heavy atom. The van der Waals surface area contributed by atoms with Crippen LogP contribution in [-0.4, -0.2) is 51.8 Å². The third-order valence-electron chi connectivity index (χ3n) is 5.61. The van der Waals surface area contributed by atoms with Crippen molar-refractivity contribution in [3.05, 3.63) is 24.0 Å². The van der Waals surface area contributed by atoms with Gasteiger partial charge in [0.25, 0.3) is 5.91 Å². The minimum Gasteiger partial charge on any atom is -0.339 e. The molecule has 2 fully saturated rings. The number of hydrogen-bond acceptors (Lipinski definition) is 4. The van der Waals surface area contributed by atoms with Crippen molar-refractivity contribution < 1.29 is 4.79 Å². The van der Waals surface area contributed by atoms with Crippen LogP contribution in [-0.2, 0) is 0 Å². The maximum absolute atomic E-state index is 12.8. The van der Waals surface area contributed by atoms with Gasteiger partial charge in [-0.05, 0) is 51.1 Å². The Kier molecular flexibility index (Phi) is 6.53. The van der Waals surface area contributed by atoms with Crippen LogP contribution in [0.25, 0.3) is 11.0 Å². The van der Waals surface area contributed by atoms with Gasteiger partial charge in [0.05, 0.1) is 11.8 Å². The smallest absolute Gasteiger partial charge is 0.255 e. The number of carbonyl (C=O) groups excluding carboxylic acids is 1. The molecule has 8 heteroatoms. The van der Waals surface area contributed by atoms with Gasteiger partial charge in [-0.15, -0.1) is 24.8 Å². The molecule has 4 heterocycles. The van der Waals surface area contributed by atoms with Gasteiger partial charge in [-0.3, -0.25) is 4.79 Å². The lowest BCUT2D eigenvalue weighted by Gasteiger charge is -2.38. The largest absolute Gasteiger partial charge is 0.339 e. The molecule has 1 spiro atoms. The molecule has 0 unspecified atom stereocenters. The van der Waals surface area contributed by atoms with Crippen LogP contribution in [0, 0.1) is 5.41 Å². The zero-order chi connectivity index (χ0) is 16.7. The molecule has 0 aromatic carbocycles. The molecular weight excluding hydrogens is 373 g/mol. The number of amides is 1. The van der Waals surface area contributed by atoms with E-state index in [1.165, 1.54) is 6.42 Å². The summed E-state index contributed by atoms with van der Waals surface area (Å²) in [4.78, 5) is 19.3. The molecule has 26 heavy (non-hydrogen) atoms. The second-order valence-corrected chi connectivity index (χ2v) is 7.54. The fourth-order valence-corrected chi connectivity index (χ4v) is 4.02. The number of nitrogens with one attached hydrogen (secondary N) is 1. The highest BCUT2D eigenvalue weighted by Crippen LogP contribution is 2.37. The van der Waals surface area contributed by atoms with Crippen LogP contribution < -0.4 is 5.32 Å². The van der Waals surface area contributed by atoms with Gasteiger partial charge in [0, 0.05) is 37.3 Å². The summed E-state index contributed by atoms with van der Waals surface area (Å²) in [7, 11) is 0. The SMILES string of the molecule is CC(C)n1ncc2cc(C(=O)N3CCC4(CCNC4)CC3)cnc21.Cl.Cl. The van der Waals surface area contributed by atoms with Crippen LogP contribution in [0.3, 0.4) is 0 Å². The molecule has 0 bridgehead atoms. The fraction of sp³-hybridized carbons (Fsp3) is 0.611. The zero-order valence-corrected chi connectivity index (χ0v) is 16.9. The number of rotatable bonds is 2. The summed E-state index contributed by atoms with van der Waals surface area (Å²) in [5.41, 5.74) is 1.94. The Balaban J connectivity index is 0.00000121. The number of nitrogens with zero attached hydrogens (tertiary/aromatic N) is 4. The molecular formula is C18H27Cl2N5O. The number of hydrogen-bond donors (Lipinski definition) is 1. The Morgan fingerprint density at radius 1 is 1.19 bits per heavy atom. The Hall–Kier alpha value is -1.37. The van der Waals surface area contributed by atoms with E-state index < -0.39 is 0 Å². The van der Waals surface area contributed by atoms with Crippen LogP contribution in [0.2, 0.25) is 0 Å². The van der Waals surface area contributed by atoms with Crippen molar-refractivity contribution >= 4 is 41.8 Å². The van der Waals surface area contributed by atoms with Crippen LogP contribution in [0.1, 0.15) is 49.5 Å². The van der Waals surface area contributed by atoms with Crippen LogP contribution >= 0.6 is 24.8 Å². The average Bonchev–Trinajstić information content (AvgIpc) is 3.21. The second kappa shape index (κ2) is 8.11. The fourth-order valence-electron chi connectivity index (χ4n) is 4.02. The number of carbonyl (C=O) groups is 1. The standard InChI is InChI=1S/C18H25N5O.2ClH/c1-13(2)23-16-14(11-21-23)9-15(10-20-16)17(24)22-7-4-18(5-8-22)3-6-19-12-18;;/h9-11,13,19H,3-8,12H2,1-2H3;2*1H. The van der Waals surface area contributed by atoms with Gasteiger partial charge in [0.2, 0.25) is 0 Å². The molecule has 2 aliphatic heterocycles. The van der Waals surface area contributed by atoms with Crippen LogP contribution in [0.15, 0.2) is 18.5 Å². The highest BCUT2D eigenvalue weighted by atomic mass is 35.5. The van der Waals surface area contributed by atoms with Gasteiger partial charge in [-0.2, -0.15) is 5.10 Å². The van der Waals surface area contributed by atoms with E-state index in [-0.39, 0.29) is 36.8 Å². The molecule has 6 nitrogen and oxygen atoms in total. The van der Waals surface area contributed by atoms with Gasteiger partial charge in [0.1, 0.15) is 0 Å². The van der Waals surface area contributed by atoms with Crippen molar-refractivity contribution in [2.24, 2.45) is 5.41 Å². The summed E-state index contributed by atoms with van der Waals surface area (Å²) in [6.45, 7) is 8.09. The maximum atomic E-state index is 12.8. The number of fused-ring (bicyclic) bond motifs is 1. The average molecular weight is 400 g/mol. The van der Waals surface area contributed by atoms with E-state index in [0.29, 0.717) is 11.0 Å². The quantitative estimate of drug-likeness (QED) is 0.842. The summed E-state index contributed by atoms with van der Waals surface area (Å²) in [6.07, 6.45) is 6.96. The molecule has 0 radical (unpaired) electrons. The highest BCUT2D eigenvalue weighted by molar-refractivity contribution is 5.96. The summed E-state index contributed by atoms with van der Waals surface area (Å²) >= 11 is 0. The molecule has 1 amide bonds. The lowest BCUT2D eigenvalue weighted by Crippen LogP contribution is -2.44. The molecule has 0 saturated carbocycles. The lowest BCUT2D eigenvalue weighted by atomic mass is 9.78. The van der Waals surface area contributed by atoms with Crippen LogP contribution in [0.5, 0.6) is 0 Å². The van der Waals surface area contributed by atoms with Crippen molar-refractivity contribution in [2.75, 3.05) is 26.2 Å². The normalized spacial score (nSPS) is 18.8. The maximum Gasteiger partial charge on any atom is 0.255 e. The van der Waals surface area contributed by atoms with Crippen molar-refractivity contribution in [2.45, 2.75) is 39.2 Å². The molecule has 2 aromatic rings. The number of piperidine rings is 1. The van der Waals surface area contributed by atoms with Gasteiger partial charge >= 0.3 is 0 Å². The minimum atomic E-state index is 0. The van der Waals surface area contributed by atoms with Gasteiger partial charge < -0.3 is 10.2 Å². The Labute approximate surface area is 166 Å². The van der Waals surface area contributed by atoms with E-state index in [2.05, 4.69) is 29.2 Å². The van der Waals surface area contributed by atoms with E-state index in [1.807, 2.05) is 15.6 Å². The van der Waals surface area contributed by atoms with Gasteiger partial charge in [-0.1, -0.05) is 0 Å². The first-order valence-corrected chi connectivity index (χ1v) is 8.91. The van der Waals surface area contributed by atoms with E-state index in [1.54, 1.807) is 12.4 Å². The third kappa shape index (κ3) is 3.68. The van der Waals surface area contributed by atoms with E-state index in [4.69, 9.17) is 0 Å². The third-order valence-corrected chi connectivity index (χ3v) is 5.61. The number of aromatic nitrogens is 3. The molecule has 144 valence electrons. The monoisotopic (exact) mass is 399 g/mol. The zero-order valence-electron chi connectivity index (χ0n) is 15.3. The number of pyridine rings is 1. The molecule has 2 aromatic heterocycles. The van der Waals surface area contributed by atoms with Crippen molar-refractivity contribution in [3.63, 3.8) is 0 Å². The topological polar surface area (TPSA) is 63.1 Å². The van der Waals surface area contributed by atoms with E-state index in [0.717, 1.165) is 50.1 Å². The first-order valence-electron chi connectivity index (χ1n) is 8.91. The molecule has 2 aliphatic rings. The summed E-state index contributed by atoms with van der Waals surface area (Å²) in [5.74, 6) is 0.0995. The van der Waals surface area contributed by atoms with Crippen molar-refractivity contribution in [1.82, 2.24) is 25.0 Å². The molecule has 0 atom stereocenters.